The number of rotatable bonds is 5. The van der Waals surface area contributed by atoms with Crippen molar-refractivity contribution in [2.75, 3.05) is 0 Å². The summed E-state index contributed by atoms with van der Waals surface area (Å²) in [6.45, 7) is 12.5. The van der Waals surface area contributed by atoms with Crippen LogP contribution in [0.15, 0.2) is 54.7 Å². The molecule has 0 radical (unpaired) electrons. The maximum absolute atomic E-state index is 14.3. The highest BCUT2D eigenvalue weighted by Crippen LogP contribution is 2.39. The van der Waals surface area contributed by atoms with E-state index in [9.17, 15) is 8.78 Å². The van der Waals surface area contributed by atoms with Crippen LogP contribution >= 0.6 is 0 Å². The summed E-state index contributed by atoms with van der Waals surface area (Å²) in [5.41, 5.74) is 6.13. The van der Waals surface area contributed by atoms with Gasteiger partial charge in [0.25, 0.3) is 0 Å². The molecule has 0 bridgehead atoms. The highest BCUT2D eigenvalue weighted by atomic mass is 19.1. The summed E-state index contributed by atoms with van der Waals surface area (Å²) in [4.78, 5) is 4.92. The first-order valence-corrected chi connectivity index (χ1v) is 11.2. The van der Waals surface area contributed by atoms with E-state index in [1.807, 2.05) is 44.5 Å². The molecule has 0 spiro atoms. The number of aromatic nitrogens is 2. The van der Waals surface area contributed by atoms with Crippen molar-refractivity contribution in [2.24, 2.45) is 0 Å². The maximum atomic E-state index is 14.3. The molecule has 0 saturated heterocycles. The van der Waals surface area contributed by atoms with E-state index in [2.05, 4.69) is 38.1 Å². The first kappa shape index (κ1) is 23.1. The van der Waals surface area contributed by atoms with Crippen molar-refractivity contribution in [1.29, 1.82) is 0 Å². The average Bonchev–Trinajstić information content (AvgIpc) is 3.10. The van der Waals surface area contributed by atoms with E-state index < -0.39 is 11.6 Å². The molecule has 0 fully saturated rings. The van der Waals surface area contributed by atoms with Gasteiger partial charge >= 0.3 is 0 Å². The van der Waals surface area contributed by atoms with Crippen molar-refractivity contribution in [3.8, 4) is 11.1 Å². The Balaban J connectivity index is 1.91. The lowest BCUT2D eigenvalue weighted by molar-refractivity contribution is -0.0530. The number of halogens is 2. The Hall–Kier alpha value is -3.05. The normalized spacial score (nSPS) is 13.0. The number of aryl methyl sites for hydroxylation is 2. The topological polar surface area (TPSA) is 27.1 Å². The summed E-state index contributed by atoms with van der Waals surface area (Å²) in [5, 5.41) is 0.978. The Bertz CT molecular complexity index is 1300. The molecule has 2 heterocycles. The molecule has 2 aromatic heterocycles. The Morgan fingerprint density at radius 1 is 1.00 bits per heavy atom. The summed E-state index contributed by atoms with van der Waals surface area (Å²) < 4.78 is 36.0. The van der Waals surface area contributed by atoms with Crippen LogP contribution in [0.25, 0.3) is 22.2 Å². The average molecular weight is 449 g/mol. The van der Waals surface area contributed by atoms with E-state index >= 15 is 0 Å². The number of hydrogen-bond donors (Lipinski definition) is 0. The van der Waals surface area contributed by atoms with Crippen molar-refractivity contribution in [2.45, 2.75) is 59.8 Å². The SMILES string of the molecule is Cc1ccc(-c2c(C(C)OC(C)(C)C)c(C)nc3c2ccn3Cc2ccc(F)cc2F)cc1. The number of pyridine rings is 1. The monoisotopic (exact) mass is 448 g/mol. The zero-order valence-corrected chi connectivity index (χ0v) is 20.0. The third kappa shape index (κ3) is 4.83. The number of ether oxygens (including phenoxy) is 1. The molecule has 1 unspecified atom stereocenters. The minimum Gasteiger partial charge on any atom is -0.368 e. The van der Waals surface area contributed by atoms with Crippen LogP contribution in [0.2, 0.25) is 0 Å². The lowest BCUT2D eigenvalue weighted by Crippen LogP contribution is -2.22. The Morgan fingerprint density at radius 2 is 1.70 bits per heavy atom. The van der Waals surface area contributed by atoms with Crippen molar-refractivity contribution >= 4 is 11.0 Å². The number of hydrogen-bond acceptors (Lipinski definition) is 2. The predicted molar refractivity (Wildman–Crippen MR) is 129 cm³/mol. The summed E-state index contributed by atoms with van der Waals surface area (Å²) in [6.07, 6.45) is 1.74. The molecule has 2 aromatic carbocycles. The van der Waals surface area contributed by atoms with E-state index in [4.69, 9.17) is 9.72 Å². The Kier molecular flexibility index (Phi) is 6.10. The zero-order chi connectivity index (χ0) is 23.9. The van der Waals surface area contributed by atoms with Crippen LogP contribution in [0, 0.1) is 25.5 Å². The van der Waals surface area contributed by atoms with Crippen LogP contribution < -0.4 is 0 Å². The third-order valence-corrected chi connectivity index (χ3v) is 5.77. The summed E-state index contributed by atoms with van der Waals surface area (Å²) in [6, 6.07) is 14.1. The van der Waals surface area contributed by atoms with Gasteiger partial charge in [0.2, 0.25) is 0 Å². The molecule has 4 aromatic rings. The second kappa shape index (κ2) is 8.71. The fraction of sp³-hybridized carbons (Fsp3) is 0.321. The van der Waals surface area contributed by atoms with Crippen LogP contribution in [-0.4, -0.2) is 15.2 Å². The van der Waals surface area contributed by atoms with Gasteiger partial charge in [-0.3, -0.25) is 0 Å². The van der Waals surface area contributed by atoms with E-state index in [0.717, 1.165) is 39.5 Å². The van der Waals surface area contributed by atoms with E-state index in [-0.39, 0.29) is 18.2 Å². The second-order valence-corrected chi connectivity index (χ2v) is 9.64. The van der Waals surface area contributed by atoms with Crippen LogP contribution in [0.4, 0.5) is 8.78 Å². The molecule has 172 valence electrons. The van der Waals surface area contributed by atoms with Crippen molar-refractivity contribution < 1.29 is 13.5 Å². The van der Waals surface area contributed by atoms with E-state index in [1.165, 1.54) is 17.7 Å². The van der Waals surface area contributed by atoms with Gasteiger partial charge < -0.3 is 9.30 Å². The maximum Gasteiger partial charge on any atom is 0.141 e. The van der Waals surface area contributed by atoms with Crippen molar-refractivity contribution in [3.63, 3.8) is 0 Å². The molecule has 0 aliphatic rings. The molecule has 3 nitrogen and oxygen atoms in total. The summed E-state index contributed by atoms with van der Waals surface area (Å²) >= 11 is 0. The zero-order valence-electron chi connectivity index (χ0n) is 20.0. The van der Waals surface area contributed by atoms with Gasteiger partial charge in [0.15, 0.2) is 0 Å². The van der Waals surface area contributed by atoms with Crippen LogP contribution in [0.5, 0.6) is 0 Å². The highest BCUT2D eigenvalue weighted by Gasteiger charge is 2.25. The van der Waals surface area contributed by atoms with Crippen LogP contribution in [-0.2, 0) is 11.3 Å². The Morgan fingerprint density at radius 3 is 2.33 bits per heavy atom. The predicted octanol–water partition coefficient (Wildman–Crippen LogP) is 7.52. The van der Waals surface area contributed by atoms with Gasteiger partial charge in [-0.25, -0.2) is 13.8 Å². The molecule has 5 heteroatoms. The molecule has 1 atom stereocenters. The smallest absolute Gasteiger partial charge is 0.141 e. The minimum absolute atomic E-state index is 0.170. The quantitative estimate of drug-likeness (QED) is 0.316. The van der Waals surface area contributed by atoms with Gasteiger partial charge in [-0.05, 0) is 59.2 Å². The standard InChI is InChI=1S/C28H30F2N2O/c1-17-7-9-20(10-8-17)26-23-13-14-32(16-21-11-12-22(29)15-24(21)30)27(23)31-18(2)25(26)19(3)33-28(4,5)6/h7-15,19H,16H2,1-6H3. The molecule has 4 rings (SSSR count). The highest BCUT2D eigenvalue weighted by molar-refractivity contribution is 5.96. The molecule has 33 heavy (non-hydrogen) atoms. The summed E-state index contributed by atoms with van der Waals surface area (Å²) in [7, 11) is 0. The fourth-order valence-corrected chi connectivity index (χ4v) is 4.41. The third-order valence-electron chi connectivity index (χ3n) is 5.77. The first-order chi connectivity index (χ1) is 15.5. The fourth-order valence-electron chi connectivity index (χ4n) is 4.41. The van der Waals surface area contributed by atoms with E-state index in [1.54, 1.807) is 0 Å². The molecule has 0 aliphatic heterocycles. The largest absolute Gasteiger partial charge is 0.368 e. The Labute approximate surface area is 194 Å². The van der Waals surface area contributed by atoms with Gasteiger partial charge in [0.1, 0.15) is 17.3 Å². The number of nitrogens with zero attached hydrogens (tertiary/aromatic N) is 2. The molecule has 0 aliphatic carbocycles. The van der Waals surface area contributed by atoms with Gasteiger partial charge in [-0.15, -0.1) is 0 Å². The molecule has 0 amide bonds. The van der Waals surface area contributed by atoms with Crippen molar-refractivity contribution in [1.82, 2.24) is 9.55 Å². The number of benzene rings is 2. The van der Waals surface area contributed by atoms with Gasteiger partial charge in [0.05, 0.1) is 18.2 Å². The minimum atomic E-state index is -0.582. The first-order valence-electron chi connectivity index (χ1n) is 11.2. The molecular formula is C28H30F2N2O. The lowest BCUT2D eigenvalue weighted by atomic mass is 9.92. The van der Waals surface area contributed by atoms with E-state index in [0.29, 0.717) is 5.56 Å². The van der Waals surface area contributed by atoms with Crippen LogP contribution in [0.3, 0.4) is 0 Å². The summed E-state index contributed by atoms with van der Waals surface area (Å²) in [5.74, 6) is -1.14. The lowest BCUT2D eigenvalue weighted by Gasteiger charge is -2.28. The van der Waals surface area contributed by atoms with Gasteiger partial charge in [-0.1, -0.05) is 35.9 Å². The van der Waals surface area contributed by atoms with Gasteiger partial charge in [0, 0.05) is 40.0 Å². The number of fused-ring (bicyclic) bond motifs is 1. The molecule has 0 saturated carbocycles. The molecule has 0 N–H and O–H groups in total. The molecular weight excluding hydrogens is 418 g/mol. The second-order valence-electron chi connectivity index (χ2n) is 9.64. The van der Waals surface area contributed by atoms with Crippen molar-refractivity contribution in [3.05, 3.63) is 88.7 Å². The van der Waals surface area contributed by atoms with Gasteiger partial charge in [-0.2, -0.15) is 0 Å². The van der Waals surface area contributed by atoms with Crippen LogP contribution in [0.1, 0.15) is 56.2 Å².